The summed E-state index contributed by atoms with van der Waals surface area (Å²) in [6.45, 7) is 1.96. The predicted octanol–water partition coefficient (Wildman–Crippen LogP) is 2.70. The van der Waals surface area contributed by atoms with Crippen LogP contribution in [0.2, 0.25) is 0 Å². The Bertz CT molecular complexity index is 594. The van der Waals surface area contributed by atoms with Crippen LogP contribution in [0.4, 0.5) is 0 Å². The molecule has 0 spiro atoms. The third-order valence-corrected chi connectivity index (χ3v) is 4.26. The number of aromatic nitrogens is 2. The molecule has 5 nitrogen and oxygen atoms in total. The van der Waals surface area contributed by atoms with E-state index in [1.807, 2.05) is 55.1 Å². The topological polar surface area (TPSA) is 76.4 Å². The number of aryl methyl sites for hydroxylation is 2. The van der Waals surface area contributed by atoms with E-state index in [4.69, 9.17) is 10.9 Å². The summed E-state index contributed by atoms with van der Waals surface area (Å²) < 4.78 is 1.85. The summed E-state index contributed by atoms with van der Waals surface area (Å²) in [4.78, 5) is 0. The van der Waals surface area contributed by atoms with Crippen LogP contribution in [0.3, 0.4) is 0 Å². The van der Waals surface area contributed by atoms with Crippen LogP contribution in [0.1, 0.15) is 22.9 Å². The molecule has 1 heterocycles. The van der Waals surface area contributed by atoms with Crippen molar-refractivity contribution in [1.82, 2.24) is 9.78 Å². The Kier molecular flexibility index (Phi) is 4.68. The molecule has 0 radical (unpaired) electrons. The molecule has 0 saturated carbocycles. The molecule has 0 aliphatic rings. The van der Waals surface area contributed by atoms with Crippen LogP contribution in [0.15, 0.2) is 46.6 Å². The van der Waals surface area contributed by atoms with Crippen molar-refractivity contribution in [3.63, 3.8) is 0 Å². The Hall–Kier alpha value is -1.95. The second-order valence-corrected chi connectivity index (χ2v) is 5.78. The molecular weight excluding hydrogens is 272 g/mol. The lowest BCUT2D eigenvalue weighted by Crippen LogP contribution is -2.15. The highest BCUT2D eigenvalue weighted by Crippen LogP contribution is 2.37. The fourth-order valence-electron chi connectivity index (χ4n) is 1.97. The lowest BCUT2D eigenvalue weighted by atomic mass is 10.1. The smallest absolute Gasteiger partial charge is 0.140 e. The van der Waals surface area contributed by atoms with Crippen LogP contribution in [0, 0.1) is 6.92 Å². The zero-order chi connectivity index (χ0) is 14.5. The minimum Gasteiger partial charge on any atom is -0.409 e. The number of nitrogens with two attached hydrogens (primary N) is 1. The Morgan fingerprint density at radius 2 is 2.15 bits per heavy atom. The van der Waals surface area contributed by atoms with E-state index in [1.54, 1.807) is 11.8 Å². The summed E-state index contributed by atoms with van der Waals surface area (Å²) in [7, 11) is 1.92. The van der Waals surface area contributed by atoms with E-state index in [9.17, 15) is 0 Å². The third-order valence-electron chi connectivity index (χ3n) is 2.92. The Morgan fingerprint density at radius 3 is 2.70 bits per heavy atom. The Balaban J connectivity index is 2.25. The van der Waals surface area contributed by atoms with Crippen molar-refractivity contribution in [3.8, 4) is 0 Å². The molecule has 1 unspecified atom stereocenters. The molecule has 1 atom stereocenters. The summed E-state index contributed by atoms with van der Waals surface area (Å²) in [5.41, 5.74) is 7.79. The average Bonchev–Trinajstić information content (AvgIpc) is 2.77. The average molecular weight is 290 g/mol. The van der Waals surface area contributed by atoms with Crippen molar-refractivity contribution in [3.05, 3.63) is 47.7 Å². The first-order chi connectivity index (χ1) is 9.60. The van der Waals surface area contributed by atoms with Crippen molar-refractivity contribution in [2.24, 2.45) is 17.9 Å². The van der Waals surface area contributed by atoms with Gasteiger partial charge in [0.25, 0.3) is 0 Å². The second kappa shape index (κ2) is 6.47. The van der Waals surface area contributed by atoms with Crippen LogP contribution in [-0.2, 0) is 7.05 Å². The standard InChI is InChI=1S/C14H18N4OS/c1-10-8-14(18(2)16-10)20-12(9-13(15)17-19)11-6-4-3-5-7-11/h3-8,12,19H,9H2,1-2H3,(H2,15,17). The number of thioether (sulfide) groups is 1. The highest BCUT2D eigenvalue weighted by Gasteiger charge is 2.17. The number of hydrogen-bond acceptors (Lipinski definition) is 4. The zero-order valence-corrected chi connectivity index (χ0v) is 12.3. The van der Waals surface area contributed by atoms with Crippen molar-refractivity contribution in [1.29, 1.82) is 0 Å². The molecule has 106 valence electrons. The molecule has 20 heavy (non-hydrogen) atoms. The number of oxime groups is 1. The summed E-state index contributed by atoms with van der Waals surface area (Å²) >= 11 is 1.66. The molecule has 6 heteroatoms. The Labute approximate surface area is 122 Å². The van der Waals surface area contributed by atoms with Gasteiger partial charge in [-0.25, -0.2) is 0 Å². The van der Waals surface area contributed by atoms with E-state index < -0.39 is 0 Å². The van der Waals surface area contributed by atoms with Gasteiger partial charge in [-0.3, -0.25) is 4.68 Å². The van der Waals surface area contributed by atoms with Gasteiger partial charge in [-0.05, 0) is 18.6 Å². The largest absolute Gasteiger partial charge is 0.409 e. The van der Waals surface area contributed by atoms with E-state index in [0.717, 1.165) is 16.3 Å². The van der Waals surface area contributed by atoms with E-state index >= 15 is 0 Å². The van der Waals surface area contributed by atoms with Gasteiger partial charge in [-0.15, -0.1) is 0 Å². The summed E-state index contributed by atoms with van der Waals surface area (Å²) in [6, 6.07) is 12.1. The quantitative estimate of drug-likeness (QED) is 0.292. The van der Waals surface area contributed by atoms with Crippen LogP contribution in [-0.4, -0.2) is 20.8 Å². The lowest BCUT2D eigenvalue weighted by Gasteiger charge is -2.16. The lowest BCUT2D eigenvalue weighted by molar-refractivity contribution is 0.317. The van der Waals surface area contributed by atoms with E-state index in [-0.39, 0.29) is 11.1 Å². The minimum atomic E-state index is 0.0851. The maximum atomic E-state index is 8.79. The summed E-state index contributed by atoms with van der Waals surface area (Å²) in [6.07, 6.45) is 0.482. The van der Waals surface area contributed by atoms with Gasteiger partial charge in [0.1, 0.15) is 5.84 Å². The van der Waals surface area contributed by atoms with Crippen molar-refractivity contribution >= 4 is 17.6 Å². The first-order valence-corrected chi connectivity index (χ1v) is 7.16. The van der Waals surface area contributed by atoms with Gasteiger partial charge in [0, 0.05) is 18.7 Å². The normalized spacial score (nSPS) is 13.4. The molecule has 0 amide bonds. The van der Waals surface area contributed by atoms with Crippen LogP contribution in [0.25, 0.3) is 0 Å². The second-order valence-electron chi connectivity index (χ2n) is 4.56. The molecular formula is C14H18N4OS. The van der Waals surface area contributed by atoms with Gasteiger partial charge >= 0.3 is 0 Å². The predicted molar refractivity (Wildman–Crippen MR) is 81.0 cm³/mol. The number of benzene rings is 1. The van der Waals surface area contributed by atoms with Gasteiger partial charge in [-0.1, -0.05) is 47.2 Å². The fourth-order valence-corrected chi connectivity index (χ4v) is 3.24. The van der Waals surface area contributed by atoms with Gasteiger partial charge in [0.05, 0.1) is 10.7 Å². The fraction of sp³-hybridized carbons (Fsp3) is 0.286. The van der Waals surface area contributed by atoms with E-state index in [1.165, 1.54) is 0 Å². The monoisotopic (exact) mass is 290 g/mol. The van der Waals surface area contributed by atoms with Crippen LogP contribution < -0.4 is 5.73 Å². The highest BCUT2D eigenvalue weighted by atomic mass is 32.2. The number of nitrogens with zero attached hydrogens (tertiary/aromatic N) is 3. The summed E-state index contributed by atoms with van der Waals surface area (Å²) in [5, 5.41) is 17.4. The molecule has 0 bridgehead atoms. The molecule has 0 saturated heterocycles. The van der Waals surface area contributed by atoms with E-state index in [2.05, 4.69) is 10.3 Å². The molecule has 0 aliphatic heterocycles. The molecule has 2 rings (SSSR count). The van der Waals surface area contributed by atoms with Gasteiger partial charge in [0.15, 0.2) is 0 Å². The van der Waals surface area contributed by atoms with Crippen LogP contribution >= 0.6 is 11.8 Å². The third kappa shape index (κ3) is 3.54. The maximum absolute atomic E-state index is 8.79. The number of amidine groups is 1. The molecule has 0 fully saturated rings. The molecule has 0 aliphatic carbocycles. The van der Waals surface area contributed by atoms with Crippen molar-refractivity contribution in [2.45, 2.75) is 23.6 Å². The van der Waals surface area contributed by atoms with Gasteiger partial charge < -0.3 is 10.9 Å². The maximum Gasteiger partial charge on any atom is 0.140 e. The molecule has 2 aromatic rings. The first-order valence-electron chi connectivity index (χ1n) is 6.29. The van der Waals surface area contributed by atoms with Crippen LogP contribution in [0.5, 0.6) is 0 Å². The first kappa shape index (κ1) is 14.5. The summed E-state index contributed by atoms with van der Waals surface area (Å²) in [5.74, 6) is 0.227. The van der Waals surface area contributed by atoms with E-state index in [0.29, 0.717) is 6.42 Å². The van der Waals surface area contributed by atoms with Gasteiger partial charge in [-0.2, -0.15) is 5.10 Å². The zero-order valence-electron chi connectivity index (χ0n) is 11.5. The Morgan fingerprint density at radius 1 is 1.45 bits per heavy atom. The molecule has 3 N–H and O–H groups in total. The van der Waals surface area contributed by atoms with Crippen molar-refractivity contribution < 1.29 is 5.21 Å². The number of hydrogen-bond donors (Lipinski definition) is 2. The number of rotatable bonds is 5. The molecule has 1 aromatic carbocycles. The van der Waals surface area contributed by atoms with Crippen molar-refractivity contribution in [2.75, 3.05) is 0 Å². The minimum absolute atomic E-state index is 0.0851. The molecule has 1 aromatic heterocycles. The van der Waals surface area contributed by atoms with Gasteiger partial charge in [0.2, 0.25) is 0 Å². The highest BCUT2D eigenvalue weighted by molar-refractivity contribution is 7.99. The SMILES string of the molecule is Cc1cc(SC(CC(N)=NO)c2ccccc2)n(C)n1.